The van der Waals surface area contributed by atoms with E-state index in [4.69, 9.17) is 4.74 Å². The summed E-state index contributed by atoms with van der Waals surface area (Å²) in [5, 5.41) is 12.6. The molecule has 0 atom stereocenters. The third-order valence-electron chi connectivity index (χ3n) is 4.89. The topological polar surface area (TPSA) is 76.4 Å². The van der Waals surface area contributed by atoms with E-state index < -0.39 is 0 Å². The Morgan fingerprint density at radius 2 is 2.14 bits per heavy atom. The number of aliphatic hydroxyl groups excluding tert-OH is 1. The molecule has 28 heavy (non-hydrogen) atoms. The fourth-order valence-corrected chi connectivity index (χ4v) is 3.47. The van der Waals surface area contributed by atoms with Gasteiger partial charge in [-0.25, -0.2) is 4.98 Å². The summed E-state index contributed by atoms with van der Waals surface area (Å²) in [5.41, 5.74) is 4.25. The van der Waals surface area contributed by atoms with Gasteiger partial charge in [0.15, 0.2) is 0 Å². The van der Waals surface area contributed by atoms with Crippen LogP contribution in [0.5, 0.6) is 5.75 Å². The normalized spacial score (nSPS) is 13.1. The number of rotatable bonds is 6. The van der Waals surface area contributed by atoms with Gasteiger partial charge in [0.1, 0.15) is 11.6 Å². The molecule has 0 unspecified atom stereocenters. The predicted octanol–water partition coefficient (Wildman–Crippen LogP) is 3.11. The van der Waals surface area contributed by atoms with Gasteiger partial charge >= 0.3 is 0 Å². The average molecular weight is 377 g/mol. The maximum absolute atomic E-state index is 12.2. The summed E-state index contributed by atoms with van der Waals surface area (Å²) in [4.78, 5) is 16.7. The van der Waals surface area contributed by atoms with E-state index in [1.165, 1.54) is 0 Å². The summed E-state index contributed by atoms with van der Waals surface area (Å²) in [6, 6.07) is 11.6. The number of imidazole rings is 1. The molecular weight excluding hydrogens is 354 g/mol. The van der Waals surface area contributed by atoms with Crippen LogP contribution in [0.15, 0.2) is 48.8 Å². The maximum atomic E-state index is 12.2. The van der Waals surface area contributed by atoms with E-state index in [-0.39, 0.29) is 12.5 Å². The van der Waals surface area contributed by atoms with Gasteiger partial charge in [0.05, 0.1) is 13.2 Å². The molecule has 2 heterocycles. The van der Waals surface area contributed by atoms with Crippen LogP contribution in [0.2, 0.25) is 0 Å². The predicted molar refractivity (Wildman–Crippen MR) is 107 cm³/mol. The molecule has 0 spiro atoms. The number of benzene rings is 2. The van der Waals surface area contributed by atoms with Crippen molar-refractivity contribution >= 4 is 5.91 Å². The Kier molecular flexibility index (Phi) is 5.12. The minimum atomic E-state index is -0.105. The van der Waals surface area contributed by atoms with Crippen LogP contribution < -0.4 is 10.1 Å². The van der Waals surface area contributed by atoms with Gasteiger partial charge in [-0.2, -0.15) is 0 Å². The fraction of sp³-hybridized carbons (Fsp3) is 0.273. The highest BCUT2D eigenvalue weighted by atomic mass is 16.5. The Morgan fingerprint density at radius 3 is 2.96 bits per heavy atom. The summed E-state index contributed by atoms with van der Waals surface area (Å²) in [6.45, 7) is 3.23. The lowest BCUT2D eigenvalue weighted by atomic mass is 9.99. The summed E-state index contributed by atoms with van der Waals surface area (Å²) in [5.74, 6) is 1.40. The second-order valence-electron chi connectivity index (χ2n) is 6.80. The quantitative estimate of drug-likeness (QED) is 0.692. The zero-order valence-electron chi connectivity index (χ0n) is 15.8. The van der Waals surface area contributed by atoms with Crippen LogP contribution >= 0.6 is 0 Å². The molecule has 2 N–H and O–H groups in total. The average Bonchev–Trinajstić information content (AvgIpc) is 3.22. The first-order valence-electron chi connectivity index (χ1n) is 9.53. The number of carbonyl (C=O) groups is 1. The molecule has 2 aromatic carbocycles. The van der Waals surface area contributed by atoms with Crippen LogP contribution in [-0.4, -0.2) is 33.7 Å². The van der Waals surface area contributed by atoms with Crippen LogP contribution in [-0.2, 0) is 13.0 Å². The van der Waals surface area contributed by atoms with E-state index >= 15 is 0 Å². The number of carbonyl (C=O) groups excluding carboxylic acids is 1. The standard InChI is InChI=1S/C22H23N3O3/c1-2-11-28-20-6-4-16(12-17(20)14-26)21-23-9-10-25(21)18-5-3-15-7-8-24-22(27)19(15)13-18/h3-6,9-10,12-13,26H,2,7-8,11,14H2,1H3,(H,24,27). The molecule has 3 aromatic rings. The lowest BCUT2D eigenvalue weighted by Gasteiger charge is -2.18. The summed E-state index contributed by atoms with van der Waals surface area (Å²) in [7, 11) is 0. The van der Waals surface area contributed by atoms with Gasteiger partial charge in [0, 0.05) is 41.3 Å². The molecule has 4 rings (SSSR count). The highest BCUT2D eigenvalue weighted by molar-refractivity contribution is 5.97. The molecule has 6 heteroatoms. The van der Waals surface area contributed by atoms with E-state index in [1.54, 1.807) is 6.20 Å². The zero-order valence-corrected chi connectivity index (χ0v) is 15.8. The van der Waals surface area contributed by atoms with E-state index in [1.807, 2.05) is 54.1 Å². The highest BCUT2D eigenvalue weighted by Gasteiger charge is 2.18. The zero-order chi connectivity index (χ0) is 19.5. The Bertz CT molecular complexity index is 1010. The minimum absolute atomic E-state index is 0.0373. The van der Waals surface area contributed by atoms with Crippen molar-refractivity contribution in [1.82, 2.24) is 14.9 Å². The van der Waals surface area contributed by atoms with Crippen molar-refractivity contribution in [3.8, 4) is 22.8 Å². The summed E-state index contributed by atoms with van der Waals surface area (Å²) >= 11 is 0. The van der Waals surface area contributed by atoms with Crippen molar-refractivity contribution in [3.63, 3.8) is 0 Å². The van der Waals surface area contributed by atoms with Crippen molar-refractivity contribution in [1.29, 1.82) is 0 Å². The molecule has 1 aliphatic heterocycles. The lowest BCUT2D eigenvalue weighted by Crippen LogP contribution is -2.31. The van der Waals surface area contributed by atoms with Crippen molar-refractivity contribution in [2.24, 2.45) is 0 Å². The minimum Gasteiger partial charge on any atom is -0.493 e. The second kappa shape index (κ2) is 7.86. The van der Waals surface area contributed by atoms with E-state index in [0.29, 0.717) is 24.5 Å². The second-order valence-corrected chi connectivity index (χ2v) is 6.80. The first-order chi connectivity index (χ1) is 13.7. The van der Waals surface area contributed by atoms with Gasteiger partial charge in [0.25, 0.3) is 5.91 Å². The number of ether oxygens (including phenoxy) is 1. The number of hydrogen-bond donors (Lipinski definition) is 2. The van der Waals surface area contributed by atoms with Gasteiger partial charge in [-0.3, -0.25) is 9.36 Å². The Hall–Kier alpha value is -3.12. The molecule has 0 aliphatic carbocycles. The Labute approximate surface area is 163 Å². The van der Waals surface area contributed by atoms with Gasteiger partial charge in [0.2, 0.25) is 0 Å². The van der Waals surface area contributed by atoms with Gasteiger partial charge in [-0.15, -0.1) is 0 Å². The first-order valence-corrected chi connectivity index (χ1v) is 9.53. The largest absolute Gasteiger partial charge is 0.493 e. The van der Waals surface area contributed by atoms with Crippen LogP contribution in [0, 0.1) is 0 Å². The molecule has 1 aromatic heterocycles. The number of amides is 1. The fourth-order valence-electron chi connectivity index (χ4n) is 3.47. The van der Waals surface area contributed by atoms with Crippen LogP contribution in [0.1, 0.15) is 34.8 Å². The monoisotopic (exact) mass is 377 g/mol. The summed E-state index contributed by atoms with van der Waals surface area (Å²) in [6.07, 6.45) is 5.35. The summed E-state index contributed by atoms with van der Waals surface area (Å²) < 4.78 is 7.66. The number of nitrogens with one attached hydrogen (secondary N) is 1. The SMILES string of the molecule is CCCOc1ccc(-c2nccn2-c2ccc3c(c2)C(=O)NCC3)cc1CO. The third kappa shape index (κ3) is 3.39. The van der Waals surface area contributed by atoms with Crippen molar-refractivity contribution in [3.05, 3.63) is 65.5 Å². The van der Waals surface area contributed by atoms with Crippen molar-refractivity contribution in [2.45, 2.75) is 26.4 Å². The third-order valence-corrected chi connectivity index (χ3v) is 4.89. The lowest BCUT2D eigenvalue weighted by molar-refractivity contribution is 0.0946. The van der Waals surface area contributed by atoms with Gasteiger partial charge in [-0.05, 0) is 48.7 Å². The Morgan fingerprint density at radius 1 is 1.25 bits per heavy atom. The smallest absolute Gasteiger partial charge is 0.251 e. The highest BCUT2D eigenvalue weighted by Crippen LogP contribution is 2.28. The maximum Gasteiger partial charge on any atom is 0.251 e. The van der Waals surface area contributed by atoms with Crippen LogP contribution in [0.3, 0.4) is 0 Å². The molecule has 6 nitrogen and oxygen atoms in total. The molecule has 0 radical (unpaired) electrons. The molecular formula is C22H23N3O3. The number of aromatic nitrogens is 2. The molecule has 1 amide bonds. The molecule has 0 bridgehead atoms. The van der Waals surface area contributed by atoms with Crippen molar-refractivity contribution in [2.75, 3.05) is 13.2 Å². The number of fused-ring (bicyclic) bond motifs is 1. The molecule has 0 fully saturated rings. The van der Waals surface area contributed by atoms with Gasteiger partial charge < -0.3 is 15.2 Å². The number of aliphatic hydroxyl groups is 1. The number of hydrogen-bond acceptors (Lipinski definition) is 4. The van der Waals surface area contributed by atoms with Crippen molar-refractivity contribution < 1.29 is 14.6 Å². The van der Waals surface area contributed by atoms with E-state index in [0.717, 1.165) is 41.0 Å². The molecule has 144 valence electrons. The van der Waals surface area contributed by atoms with Gasteiger partial charge in [-0.1, -0.05) is 13.0 Å². The number of nitrogens with zero attached hydrogens (tertiary/aromatic N) is 2. The molecule has 0 saturated carbocycles. The molecule has 1 aliphatic rings. The van der Waals surface area contributed by atoms with E-state index in [9.17, 15) is 9.90 Å². The van der Waals surface area contributed by atoms with E-state index in [2.05, 4.69) is 10.3 Å². The van der Waals surface area contributed by atoms with Crippen LogP contribution in [0.4, 0.5) is 0 Å². The van der Waals surface area contributed by atoms with Crippen LogP contribution in [0.25, 0.3) is 17.1 Å². The first kappa shape index (κ1) is 18.3. The molecule has 0 saturated heterocycles. The Balaban J connectivity index is 1.72.